The second-order valence-corrected chi connectivity index (χ2v) is 10.2. The van der Waals surface area contributed by atoms with Gasteiger partial charge in [-0.25, -0.2) is 0 Å². The maximum Gasteiger partial charge on any atom is 0.255 e. The molecule has 4 rings (SSSR count). The summed E-state index contributed by atoms with van der Waals surface area (Å²) in [5.74, 6) is -0.0514. The number of carbonyl (C=O) groups is 3. The maximum atomic E-state index is 13.0. The van der Waals surface area contributed by atoms with E-state index in [1.54, 1.807) is 36.4 Å². The molecule has 3 aromatic carbocycles. The Bertz CT molecular complexity index is 1380. The zero-order valence-electron chi connectivity index (χ0n) is 20.9. The molecule has 0 bridgehead atoms. The van der Waals surface area contributed by atoms with Crippen molar-refractivity contribution in [3.8, 4) is 0 Å². The van der Waals surface area contributed by atoms with Crippen molar-refractivity contribution in [1.29, 1.82) is 0 Å². The second kappa shape index (κ2) is 12.5. The van der Waals surface area contributed by atoms with Gasteiger partial charge < -0.3 is 16.0 Å². The Morgan fingerprint density at radius 1 is 0.974 bits per heavy atom. The number of para-hydroxylation sites is 1. The molecule has 10 heteroatoms. The molecule has 1 aliphatic heterocycles. The molecule has 1 aliphatic rings. The highest BCUT2D eigenvalue weighted by Crippen LogP contribution is 2.28. The van der Waals surface area contributed by atoms with Crippen molar-refractivity contribution in [1.82, 2.24) is 5.32 Å². The third-order valence-corrected chi connectivity index (χ3v) is 7.19. The topological polar surface area (TPSA) is 103 Å². The number of hydrogen-bond donors (Lipinski definition) is 3. The number of rotatable bonds is 8. The molecule has 0 aromatic heterocycles. The van der Waals surface area contributed by atoms with Crippen LogP contribution in [0.3, 0.4) is 0 Å². The van der Waals surface area contributed by atoms with E-state index >= 15 is 0 Å². The summed E-state index contributed by atoms with van der Waals surface area (Å²) in [7, 11) is 0. The number of nitrogens with zero attached hydrogens (tertiary/aromatic N) is 2. The molecule has 1 unspecified atom stereocenters. The van der Waals surface area contributed by atoms with Crippen LogP contribution < -0.4 is 21.0 Å². The fourth-order valence-electron chi connectivity index (χ4n) is 3.71. The van der Waals surface area contributed by atoms with Crippen molar-refractivity contribution in [2.75, 3.05) is 15.6 Å². The third kappa shape index (κ3) is 7.05. The SMILES string of the molecule is CCC(Sc1cccc(NC(=S)Nc2ccc(C(C)=O)cc2)c1)C(=O)NC1=NN(c2ccccc2)C(=O)C1. The minimum atomic E-state index is -0.376. The molecule has 3 aromatic rings. The van der Waals surface area contributed by atoms with E-state index in [-0.39, 0.29) is 29.3 Å². The lowest BCUT2D eigenvalue weighted by Crippen LogP contribution is -2.36. The third-order valence-electron chi connectivity index (χ3n) is 5.63. The summed E-state index contributed by atoms with van der Waals surface area (Å²) in [6.45, 7) is 3.46. The summed E-state index contributed by atoms with van der Waals surface area (Å²) < 4.78 is 0. The van der Waals surface area contributed by atoms with Crippen LogP contribution in [0.25, 0.3) is 0 Å². The highest BCUT2D eigenvalue weighted by Gasteiger charge is 2.28. The van der Waals surface area contributed by atoms with Crippen LogP contribution in [-0.2, 0) is 9.59 Å². The molecule has 0 saturated carbocycles. The normalized spacial score (nSPS) is 13.5. The number of ketones is 1. The number of Topliss-reactive ketones (excluding diaryl/α,β-unsaturated/α-hetero) is 1. The van der Waals surface area contributed by atoms with Gasteiger partial charge in [-0.3, -0.25) is 14.4 Å². The van der Waals surface area contributed by atoms with Gasteiger partial charge in [-0.2, -0.15) is 10.1 Å². The Labute approximate surface area is 230 Å². The first-order chi connectivity index (χ1) is 18.3. The molecule has 0 radical (unpaired) electrons. The van der Waals surface area contributed by atoms with Crippen LogP contribution in [0.2, 0.25) is 0 Å². The number of thioether (sulfide) groups is 1. The summed E-state index contributed by atoms with van der Waals surface area (Å²) in [5, 5.41) is 14.7. The van der Waals surface area contributed by atoms with Crippen molar-refractivity contribution >= 4 is 69.6 Å². The summed E-state index contributed by atoms with van der Waals surface area (Å²) in [6, 6.07) is 23.8. The van der Waals surface area contributed by atoms with Gasteiger partial charge in [-0.15, -0.1) is 11.8 Å². The Morgan fingerprint density at radius 3 is 2.37 bits per heavy atom. The van der Waals surface area contributed by atoms with Gasteiger partial charge in [0.1, 0.15) is 5.84 Å². The minimum Gasteiger partial charge on any atom is -0.332 e. The van der Waals surface area contributed by atoms with Crippen LogP contribution in [0.4, 0.5) is 17.1 Å². The van der Waals surface area contributed by atoms with E-state index in [1.165, 1.54) is 23.7 Å². The molecule has 8 nitrogen and oxygen atoms in total. The molecular weight excluding hydrogens is 518 g/mol. The summed E-state index contributed by atoms with van der Waals surface area (Å²) in [6.07, 6.45) is 0.636. The lowest BCUT2D eigenvalue weighted by molar-refractivity contribution is -0.119. The molecule has 1 atom stereocenters. The van der Waals surface area contributed by atoms with Gasteiger partial charge in [-0.05, 0) is 80.2 Å². The smallest absolute Gasteiger partial charge is 0.255 e. The fourth-order valence-corrected chi connectivity index (χ4v) is 4.96. The van der Waals surface area contributed by atoms with E-state index < -0.39 is 0 Å². The van der Waals surface area contributed by atoms with Gasteiger partial charge >= 0.3 is 0 Å². The molecule has 1 heterocycles. The summed E-state index contributed by atoms with van der Waals surface area (Å²) >= 11 is 6.85. The molecule has 2 amide bonds. The highest BCUT2D eigenvalue weighted by atomic mass is 32.2. The Balaban J connectivity index is 1.34. The van der Waals surface area contributed by atoms with Gasteiger partial charge in [0.15, 0.2) is 10.9 Å². The molecular formula is C28H27N5O3S2. The maximum absolute atomic E-state index is 13.0. The van der Waals surface area contributed by atoms with Crippen molar-refractivity contribution in [2.24, 2.45) is 5.10 Å². The molecule has 194 valence electrons. The Morgan fingerprint density at radius 2 is 1.68 bits per heavy atom. The average molecular weight is 546 g/mol. The fraction of sp³-hybridized carbons (Fsp3) is 0.179. The lowest BCUT2D eigenvalue weighted by Gasteiger charge is -2.16. The molecule has 38 heavy (non-hydrogen) atoms. The van der Waals surface area contributed by atoms with E-state index in [0.29, 0.717) is 28.6 Å². The highest BCUT2D eigenvalue weighted by molar-refractivity contribution is 8.00. The second-order valence-electron chi connectivity index (χ2n) is 8.51. The van der Waals surface area contributed by atoms with E-state index in [2.05, 4.69) is 21.1 Å². The number of benzene rings is 3. The first-order valence-corrected chi connectivity index (χ1v) is 13.3. The summed E-state index contributed by atoms with van der Waals surface area (Å²) in [5.41, 5.74) is 2.83. The van der Waals surface area contributed by atoms with Crippen molar-refractivity contribution in [2.45, 2.75) is 36.8 Å². The van der Waals surface area contributed by atoms with Gasteiger partial charge in [0, 0.05) is 21.8 Å². The minimum absolute atomic E-state index is 0.00417. The molecule has 0 aliphatic carbocycles. The van der Waals surface area contributed by atoms with Gasteiger partial charge in [-0.1, -0.05) is 31.2 Å². The number of amidine groups is 1. The van der Waals surface area contributed by atoms with Crippen LogP contribution in [0.15, 0.2) is 88.9 Å². The van der Waals surface area contributed by atoms with Crippen LogP contribution in [-0.4, -0.2) is 33.8 Å². The number of nitrogens with one attached hydrogen (secondary N) is 3. The number of hydrogen-bond acceptors (Lipinski definition) is 6. The average Bonchev–Trinajstić information content (AvgIpc) is 3.27. The molecule has 0 fully saturated rings. The first kappa shape index (κ1) is 27.0. The number of thiocarbonyl (C=S) groups is 1. The zero-order chi connectivity index (χ0) is 27.1. The largest absolute Gasteiger partial charge is 0.332 e. The predicted octanol–water partition coefficient (Wildman–Crippen LogP) is 5.44. The summed E-state index contributed by atoms with van der Waals surface area (Å²) in [4.78, 5) is 37.7. The van der Waals surface area contributed by atoms with Crippen LogP contribution in [0, 0.1) is 0 Å². The van der Waals surface area contributed by atoms with Gasteiger partial charge in [0.05, 0.1) is 17.4 Å². The van der Waals surface area contributed by atoms with Gasteiger partial charge in [0.25, 0.3) is 5.91 Å². The van der Waals surface area contributed by atoms with Crippen molar-refractivity contribution in [3.05, 3.63) is 84.4 Å². The number of hydrazone groups is 1. The van der Waals surface area contributed by atoms with E-state index in [9.17, 15) is 14.4 Å². The number of carbonyl (C=O) groups excluding carboxylic acids is 3. The zero-order valence-corrected chi connectivity index (χ0v) is 22.6. The van der Waals surface area contributed by atoms with E-state index in [4.69, 9.17) is 12.2 Å². The van der Waals surface area contributed by atoms with Gasteiger partial charge in [0.2, 0.25) is 5.91 Å². The van der Waals surface area contributed by atoms with Crippen LogP contribution in [0.5, 0.6) is 0 Å². The molecule has 0 spiro atoms. The quantitative estimate of drug-likeness (QED) is 0.197. The van der Waals surface area contributed by atoms with Crippen LogP contribution >= 0.6 is 24.0 Å². The number of amides is 2. The number of anilines is 3. The van der Waals surface area contributed by atoms with Crippen molar-refractivity contribution in [3.63, 3.8) is 0 Å². The van der Waals surface area contributed by atoms with E-state index in [1.807, 2.05) is 49.4 Å². The standard InChI is InChI=1S/C28H27N5O3S2/c1-3-24(27(36)31-25-17-26(35)33(32-25)22-9-5-4-6-10-22)38-23-11-7-8-21(16-23)30-28(37)29-20-14-12-19(13-15-20)18(2)34/h4-16,24H,3,17H2,1-2H3,(H2,29,30,37)(H,31,32,36). The van der Waals surface area contributed by atoms with Crippen LogP contribution in [0.1, 0.15) is 37.0 Å². The molecule has 0 saturated heterocycles. The van der Waals surface area contributed by atoms with Crippen molar-refractivity contribution < 1.29 is 14.4 Å². The Kier molecular flexibility index (Phi) is 8.88. The Hall–Kier alpha value is -4.02. The molecule has 3 N–H and O–H groups in total. The predicted molar refractivity (Wildman–Crippen MR) is 157 cm³/mol. The van der Waals surface area contributed by atoms with E-state index in [0.717, 1.165) is 16.3 Å². The lowest BCUT2D eigenvalue weighted by atomic mass is 10.1. The first-order valence-electron chi connectivity index (χ1n) is 12.0. The monoisotopic (exact) mass is 545 g/mol.